The molecule has 2 rings (SSSR count). The van der Waals surface area contributed by atoms with Crippen molar-refractivity contribution in [2.45, 2.75) is 20.4 Å². The van der Waals surface area contributed by atoms with Crippen molar-refractivity contribution in [1.82, 2.24) is 5.32 Å². The zero-order chi connectivity index (χ0) is 13.8. The highest BCUT2D eigenvalue weighted by Gasteiger charge is 2.04. The fourth-order valence-electron chi connectivity index (χ4n) is 1.64. The van der Waals surface area contributed by atoms with Crippen molar-refractivity contribution in [3.63, 3.8) is 0 Å². The molecule has 0 spiro atoms. The summed E-state index contributed by atoms with van der Waals surface area (Å²) in [5.41, 5.74) is 1.90. The second kappa shape index (κ2) is 6.08. The molecule has 0 radical (unpaired) electrons. The Morgan fingerprint density at radius 1 is 1.26 bits per heavy atom. The van der Waals surface area contributed by atoms with Gasteiger partial charge in [-0.3, -0.25) is 0 Å². The number of thiocarbonyl (C=S) groups is 1. The molecule has 19 heavy (non-hydrogen) atoms. The van der Waals surface area contributed by atoms with Gasteiger partial charge >= 0.3 is 0 Å². The van der Waals surface area contributed by atoms with E-state index >= 15 is 0 Å². The van der Waals surface area contributed by atoms with E-state index < -0.39 is 0 Å². The number of benzene rings is 1. The first-order chi connectivity index (χ1) is 9.04. The number of rotatable bonds is 3. The van der Waals surface area contributed by atoms with Gasteiger partial charge in [0.15, 0.2) is 5.11 Å². The standard InChI is InChI=1S/C14H15ClN2OS/c1-9-3-6-13(12(15)7-9)17-14(19)16-8-11-5-4-10(2)18-11/h3-7H,8H2,1-2H3,(H2,16,17,19). The van der Waals surface area contributed by atoms with Crippen molar-refractivity contribution in [3.8, 4) is 0 Å². The van der Waals surface area contributed by atoms with E-state index in [0.717, 1.165) is 22.8 Å². The average Bonchev–Trinajstić information content (AvgIpc) is 2.76. The van der Waals surface area contributed by atoms with Crippen LogP contribution in [0, 0.1) is 13.8 Å². The summed E-state index contributed by atoms with van der Waals surface area (Å²) >= 11 is 11.3. The molecule has 0 unspecified atom stereocenters. The van der Waals surface area contributed by atoms with Crippen LogP contribution in [-0.2, 0) is 6.54 Å². The molecule has 0 aliphatic heterocycles. The molecule has 5 heteroatoms. The third kappa shape index (κ3) is 3.98. The van der Waals surface area contributed by atoms with Crippen LogP contribution in [0.5, 0.6) is 0 Å². The molecule has 1 heterocycles. The van der Waals surface area contributed by atoms with E-state index in [1.165, 1.54) is 0 Å². The van der Waals surface area contributed by atoms with Crippen LogP contribution in [0.4, 0.5) is 5.69 Å². The summed E-state index contributed by atoms with van der Waals surface area (Å²) in [6.45, 7) is 4.45. The maximum Gasteiger partial charge on any atom is 0.171 e. The van der Waals surface area contributed by atoms with Gasteiger partial charge in [0.05, 0.1) is 17.3 Å². The summed E-state index contributed by atoms with van der Waals surface area (Å²) in [6, 6.07) is 9.62. The highest BCUT2D eigenvalue weighted by molar-refractivity contribution is 7.80. The smallest absolute Gasteiger partial charge is 0.171 e. The lowest BCUT2D eigenvalue weighted by Crippen LogP contribution is -2.27. The second-order valence-electron chi connectivity index (χ2n) is 4.30. The molecule has 0 amide bonds. The van der Waals surface area contributed by atoms with Gasteiger partial charge in [-0.25, -0.2) is 0 Å². The van der Waals surface area contributed by atoms with Crippen LogP contribution in [0.15, 0.2) is 34.7 Å². The van der Waals surface area contributed by atoms with Crippen molar-refractivity contribution >= 4 is 34.6 Å². The maximum atomic E-state index is 6.13. The van der Waals surface area contributed by atoms with E-state index in [4.69, 9.17) is 28.2 Å². The Labute approximate surface area is 123 Å². The summed E-state index contributed by atoms with van der Waals surface area (Å²) in [4.78, 5) is 0. The molecule has 0 aliphatic carbocycles. The molecule has 0 bridgehead atoms. The number of hydrogen-bond donors (Lipinski definition) is 2. The Balaban J connectivity index is 1.90. The molecule has 2 N–H and O–H groups in total. The minimum absolute atomic E-state index is 0.514. The van der Waals surface area contributed by atoms with Crippen LogP contribution in [0.2, 0.25) is 5.02 Å². The van der Waals surface area contributed by atoms with E-state index in [-0.39, 0.29) is 0 Å². The summed E-state index contributed by atoms with van der Waals surface area (Å²) < 4.78 is 5.45. The summed E-state index contributed by atoms with van der Waals surface area (Å²) in [5, 5.41) is 7.30. The Kier molecular flexibility index (Phi) is 4.45. The third-order valence-corrected chi connectivity index (χ3v) is 3.15. The van der Waals surface area contributed by atoms with Gasteiger partial charge in [0.25, 0.3) is 0 Å². The van der Waals surface area contributed by atoms with E-state index in [2.05, 4.69) is 10.6 Å². The zero-order valence-corrected chi connectivity index (χ0v) is 12.4. The quantitative estimate of drug-likeness (QED) is 0.838. The molecule has 1 aromatic carbocycles. The van der Waals surface area contributed by atoms with Crippen molar-refractivity contribution in [3.05, 3.63) is 52.4 Å². The number of furan rings is 1. The van der Waals surface area contributed by atoms with Crippen molar-refractivity contribution in [2.75, 3.05) is 5.32 Å². The molecule has 0 saturated heterocycles. The zero-order valence-electron chi connectivity index (χ0n) is 10.8. The van der Waals surface area contributed by atoms with Gasteiger partial charge in [-0.2, -0.15) is 0 Å². The van der Waals surface area contributed by atoms with Crippen LogP contribution in [0.25, 0.3) is 0 Å². The van der Waals surface area contributed by atoms with Gasteiger partial charge in [0, 0.05) is 0 Å². The lowest BCUT2D eigenvalue weighted by atomic mass is 10.2. The topological polar surface area (TPSA) is 37.2 Å². The molecule has 0 aliphatic rings. The van der Waals surface area contributed by atoms with Crippen LogP contribution in [0.1, 0.15) is 17.1 Å². The van der Waals surface area contributed by atoms with Crippen molar-refractivity contribution in [1.29, 1.82) is 0 Å². The number of nitrogens with one attached hydrogen (secondary N) is 2. The normalized spacial score (nSPS) is 10.3. The summed E-state index contributed by atoms with van der Waals surface area (Å²) in [7, 11) is 0. The number of anilines is 1. The molecule has 0 saturated carbocycles. The van der Waals surface area contributed by atoms with Crippen LogP contribution < -0.4 is 10.6 Å². The highest BCUT2D eigenvalue weighted by atomic mass is 35.5. The van der Waals surface area contributed by atoms with Crippen molar-refractivity contribution in [2.24, 2.45) is 0 Å². The van der Waals surface area contributed by atoms with Gasteiger partial charge in [-0.05, 0) is 55.9 Å². The van der Waals surface area contributed by atoms with Gasteiger partial charge in [-0.15, -0.1) is 0 Å². The SMILES string of the molecule is Cc1ccc(NC(=S)NCc2ccc(C)o2)c(Cl)c1. The van der Waals surface area contributed by atoms with Gasteiger partial charge in [0.1, 0.15) is 11.5 Å². The predicted octanol–water partition coefficient (Wildman–Crippen LogP) is 4.04. The number of hydrogen-bond acceptors (Lipinski definition) is 2. The van der Waals surface area contributed by atoms with E-state index in [1.54, 1.807) is 0 Å². The Hall–Kier alpha value is -1.52. The van der Waals surface area contributed by atoms with Crippen LogP contribution in [0.3, 0.4) is 0 Å². The summed E-state index contributed by atoms with van der Waals surface area (Å²) in [6.07, 6.45) is 0. The monoisotopic (exact) mass is 294 g/mol. The van der Waals surface area contributed by atoms with Crippen LogP contribution >= 0.6 is 23.8 Å². The third-order valence-electron chi connectivity index (χ3n) is 2.59. The molecule has 100 valence electrons. The molecule has 1 aromatic heterocycles. The molecule has 3 nitrogen and oxygen atoms in total. The first-order valence-corrected chi connectivity index (χ1v) is 6.69. The van der Waals surface area contributed by atoms with Gasteiger partial charge in [0.2, 0.25) is 0 Å². The number of aryl methyl sites for hydroxylation is 2. The van der Waals surface area contributed by atoms with Gasteiger partial charge in [-0.1, -0.05) is 17.7 Å². The fraction of sp³-hybridized carbons (Fsp3) is 0.214. The Morgan fingerprint density at radius 3 is 2.68 bits per heavy atom. The Bertz CT molecular complexity index is 595. The first kappa shape index (κ1) is 13.9. The molecular weight excluding hydrogens is 280 g/mol. The average molecular weight is 295 g/mol. The lowest BCUT2D eigenvalue weighted by molar-refractivity contribution is 0.478. The highest BCUT2D eigenvalue weighted by Crippen LogP contribution is 2.22. The summed E-state index contributed by atoms with van der Waals surface area (Å²) in [5.74, 6) is 1.73. The maximum absolute atomic E-state index is 6.13. The Morgan fingerprint density at radius 2 is 2.05 bits per heavy atom. The van der Waals surface area contributed by atoms with Gasteiger partial charge < -0.3 is 15.1 Å². The second-order valence-corrected chi connectivity index (χ2v) is 5.12. The lowest BCUT2D eigenvalue weighted by Gasteiger charge is -2.11. The largest absolute Gasteiger partial charge is 0.465 e. The fourth-order valence-corrected chi connectivity index (χ4v) is 2.10. The minimum atomic E-state index is 0.514. The predicted molar refractivity (Wildman–Crippen MR) is 82.7 cm³/mol. The van der Waals surface area contributed by atoms with E-state index in [0.29, 0.717) is 16.7 Å². The minimum Gasteiger partial charge on any atom is -0.465 e. The van der Waals surface area contributed by atoms with E-state index in [9.17, 15) is 0 Å². The van der Waals surface area contributed by atoms with Crippen LogP contribution in [-0.4, -0.2) is 5.11 Å². The number of halogens is 1. The molecule has 2 aromatic rings. The van der Waals surface area contributed by atoms with E-state index in [1.807, 2.05) is 44.2 Å². The molecule has 0 fully saturated rings. The first-order valence-electron chi connectivity index (χ1n) is 5.91. The molecule has 0 atom stereocenters. The molecular formula is C14H15ClN2OS. The van der Waals surface area contributed by atoms with Crippen molar-refractivity contribution < 1.29 is 4.42 Å².